The van der Waals surface area contributed by atoms with E-state index in [1.54, 1.807) is 17.2 Å². The van der Waals surface area contributed by atoms with Gasteiger partial charge in [0.05, 0.1) is 42.0 Å². The van der Waals surface area contributed by atoms with Gasteiger partial charge in [-0.2, -0.15) is 0 Å². The topological polar surface area (TPSA) is 45.7 Å². The van der Waals surface area contributed by atoms with Crippen molar-refractivity contribution in [1.82, 2.24) is 4.98 Å². The number of halogens is 1. The number of anilines is 2. The molecule has 1 amide bonds. The zero-order valence-corrected chi connectivity index (χ0v) is 21.3. The summed E-state index contributed by atoms with van der Waals surface area (Å²) in [6, 6.07) is 7.85. The number of rotatable bonds is 5. The number of pyridine rings is 1. The minimum atomic E-state index is -0.657. The first-order valence-corrected chi connectivity index (χ1v) is 12.7. The summed E-state index contributed by atoms with van der Waals surface area (Å²) < 4.78 is 6.53. The highest BCUT2D eigenvalue weighted by atomic mass is 35.5. The molecule has 31 heavy (non-hydrogen) atoms. The van der Waals surface area contributed by atoms with Crippen LogP contribution in [0, 0.1) is 0 Å². The summed E-state index contributed by atoms with van der Waals surface area (Å²) in [4.78, 5) is 21.7. The highest BCUT2D eigenvalue weighted by Gasteiger charge is 2.39. The first-order chi connectivity index (χ1) is 14.5. The molecule has 0 saturated carbocycles. The molecule has 1 fully saturated rings. The first kappa shape index (κ1) is 22.3. The van der Waals surface area contributed by atoms with Crippen LogP contribution in [0.25, 0.3) is 0 Å². The van der Waals surface area contributed by atoms with Gasteiger partial charge in [-0.05, 0) is 61.6 Å². The third-order valence-electron chi connectivity index (χ3n) is 6.16. The Hall–Kier alpha value is -1.89. The van der Waals surface area contributed by atoms with Crippen LogP contribution in [0.2, 0.25) is 10.1 Å². The molecule has 2 aromatic rings. The molecule has 1 aromatic heterocycles. The average Bonchev–Trinajstić information content (AvgIpc) is 3.32. The van der Waals surface area contributed by atoms with Gasteiger partial charge >= 0.3 is 0 Å². The molecule has 0 bridgehead atoms. The highest BCUT2D eigenvalue weighted by molar-refractivity contribution is 6.32. The largest absolute Gasteiger partial charge is 0.416 e. The van der Waals surface area contributed by atoms with E-state index < -0.39 is 9.76 Å². The van der Waals surface area contributed by atoms with Crippen LogP contribution in [-0.4, -0.2) is 38.8 Å². The van der Waals surface area contributed by atoms with Crippen LogP contribution < -0.4 is 9.80 Å². The van der Waals surface area contributed by atoms with E-state index >= 15 is 0 Å². The third kappa shape index (κ3) is 4.66. The molecule has 0 spiro atoms. The molecule has 1 saturated heterocycles. The Labute approximate surface area is 192 Å². The minimum absolute atomic E-state index is 0.00317. The van der Waals surface area contributed by atoms with E-state index in [9.17, 15) is 4.79 Å². The molecule has 3 heterocycles. The van der Waals surface area contributed by atoms with E-state index in [0.29, 0.717) is 17.6 Å². The SMILES string of the molecule is CC(C)(C)[SiH2]OC(C)(C)[C@@H]1CCCN1c1cncc(N2Cc3cc(Cl)ccc3C2=O)c1. The molecule has 0 radical (unpaired) electrons. The maximum Gasteiger partial charge on any atom is 0.258 e. The van der Waals surface area contributed by atoms with Crippen molar-refractivity contribution in [3.05, 3.63) is 52.8 Å². The van der Waals surface area contributed by atoms with E-state index in [-0.39, 0.29) is 16.5 Å². The second-order valence-corrected chi connectivity index (χ2v) is 13.5. The second kappa shape index (κ2) is 8.23. The Morgan fingerprint density at radius 3 is 2.61 bits per heavy atom. The van der Waals surface area contributed by atoms with E-state index in [2.05, 4.69) is 50.6 Å². The molecule has 1 aromatic carbocycles. The third-order valence-corrected chi connectivity index (χ3v) is 8.15. The molecule has 5 nitrogen and oxygen atoms in total. The van der Waals surface area contributed by atoms with E-state index in [1.807, 2.05) is 18.3 Å². The minimum Gasteiger partial charge on any atom is -0.416 e. The number of amides is 1. The number of hydrogen-bond donors (Lipinski definition) is 0. The van der Waals surface area contributed by atoms with Gasteiger partial charge in [-0.25, -0.2) is 0 Å². The fraction of sp³-hybridized carbons (Fsp3) is 0.500. The Kier molecular flexibility index (Phi) is 5.92. The molecular weight excluding hydrogens is 426 g/mol. The average molecular weight is 458 g/mol. The standard InChI is InChI=1S/C24H32ClN3O2Si/c1-23(2,3)31-30-24(4,5)21-7-6-10-27(21)18-12-19(14-26-13-18)28-15-16-11-17(25)8-9-20(16)22(28)29/h8-9,11-14,21H,6-7,10,15,31H2,1-5H3/t21-/m0/s1. The Morgan fingerprint density at radius 1 is 1.13 bits per heavy atom. The molecule has 2 aliphatic rings. The van der Waals surface area contributed by atoms with Crippen LogP contribution in [0.4, 0.5) is 11.4 Å². The van der Waals surface area contributed by atoms with Crippen molar-refractivity contribution < 1.29 is 9.22 Å². The smallest absolute Gasteiger partial charge is 0.258 e. The quantitative estimate of drug-likeness (QED) is 0.595. The molecule has 4 rings (SSSR count). The molecule has 0 aliphatic carbocycles. The Balaban J connectivity index is 1.56. The Bertz CT molecular complexity index is 989. The summed E-state index contributed by atoms with van der Waals surface area (Å²) in [7, 11) is -0.657. The molecule has 1 atom stereocenters. The number of benzene rings is 1. The fourth-order valence-electron chi connectivity index (χ4n) is 4.52. The van der Waals surface area contributed by atoms with Crippen molar-refractivity contribution in [2.45, 2.75) is 70.7 Å². The Morgan fingerprint density at radius 2 is 1.87 bits per heavy atom. The van der Waals surface area contributed by atoms with Crippen LogP contribution in [0.15, 0.2) is 36.7 Å². The summed E-state index contributed by atoms with van der Waals surface area (Å²) in [5.74, 6) is 0.00317. The van der Waals surface area contributed by atoms with Crippen molar-refractivity contribution >= 4 is 38.6 Å². The summed E-state index contributed by atoms with van der Waals surface area (Å²) >= 11 is 6.13. The fourth-order valence-corrected chi connectivity index (χ4v) is 5.71. The number of aromatic nitrogens is 1. The molecule has 7 heteroatoms. The van der Waals surface area contributed by atoms with Gasteiger partial charge in [-0.15, -0.1) is 0 Å². The summed E-state index contributed by atoms with van der Waals surface area (Å²) in [5, 5.41) is 0.914. The molecule has 0 N–H and O–H groups in total. The monoisotopic (exact) mass is 457 g/mol. The predicted octanol–water partition coefficient (Wildman–Crippen LogP) is 4.96. The van der Waals surface area contributed by atoms with E-state index in [1.165, 1.54) is 0 Å². The maximum atomic E-state index is 13.0. The van der Waals surface area contributed by atoms with Gasteiger partial charge in [0.2, 0.25) is 0 Å². The lowest BCUT2D eigenvalue weighted by Crippen LogP contribution is -2.49. The van der Waals surface area contributed by atoms with Crippen LogP contribution in [0.3, 0.4) is 0 Å². The van der Waals surface area contributed by atoms with Crippen molar-refractivity contribution in [2.75, 3.05) is 16.3 Å². The maximum absolute atomic E-state index is 13.0. The predicted molar refractivity (Wildman–Crippen MR) is 130 cm³/mol. The van der Waals surface area contributed by atoms with Gasteiger partial charge in [0.25, 0.3) is 5.91 Å². The van der Waals surface area contributed by atoms with Crippen molar-refractivity contribution in [3.63, 3.8) is 0 Å². The lowest BCUT2D eigenvalue weighted by atomic mass is 9.96. The summed E-state index contributed by atoms with van der Waals surface area (Å²) in [6.07, 6.45) is 5.91. The molecule has 0 unspecified atom stereocenters. The van der Waals surface area contributed by atoms with Crippen molar-refractivity contribution in [1.29, 1.82) is 0 Å². The molecular formula is C24H32ClN3O2Si. The van der Waals surface area contributed by atoms with E-state index in [4.69, 9.17) is 16.0 Å². The number of carbonyl (C=O) groups excluding carboxylic acids is 1. The van der Waals surface area contributed by atoms with Gasteiger partial charge in [0.15, 0.2) is 9.76 Å². The number of carbonyl (C=O) groups is 1. The normalized spacial score (nSPS) is 19.7. The number of hydrogen-bond acceptors (Lipinski definition) is 4. The van der Waals surface area contributed by atoms with Crippen molar-refractivity contribution in [2.24, 2.45) is 0 Å². The number of nitrogens with zero attached hydrogens (tertiary/aromatic N) is 3. The first-order valence-electron chi connectivity index (χ1n) is 11.0. The van der Waals surface area contributed by atoms with Gasteiger partial charge in [-0.3, -0.25) is 9.78 Å². The summed E-state index contributed by atoms with van der Waals surface area (Å²) in [6.45, 7) is 12.7. The van der Waals surface area contributed by atoms with Gasteiger partial charge in [0.1, 0.15) is 0 Å². The van der Waals surface area contributed by atoms with Gasteiger partial charge in [0, 0.05) is 17.1 Å². The zero-order chi connectivity index (χ0) is 22.4. The number of fused-ring (bicyclic) bond motifs is 1. The van der Waals surface area contributed by atoms with Crippen LogP contribution in [-0.2, 0) is 11.0 Å². The van der Waals surface area contributed by atoms with Gasteiger partial charge < -0.3 is 14.2 Å². The molecule has 2 aliphatic heterocycles. The van der Waals surface area contributed by atoms with Crippen molar-refractivity contribution in [3.8, 4) is 0 Å². The van der Waals surface area contributed by atoms with E-state index in [0.717, 1.165) is 41.9 Å². The lowest BCUT2D eigenvalue weighted by molar-refractivity contribution is 0.0812. The summed E-state index contributed by atoms with van der Waals surface area (Å²) in [5.41, 5.74) is 3.33. The second-order valence-electron chi connectivity index (χ2n) is 10.4. The molecule has 166 valence electrons. The van der Waals surface area contributed by atoms with Crippen LogP contribution in [0.5, 0.6) is 0 Å². The lowest BCUT2D eigenvalue weighted by Gasteiger charge is -2.40. The zero-order valence-electron chi connectivity index (χ0n) is 19.1. The van der Waals surface area contributed by atoms with Gasteiger partial charge in [-0.1, -0.05) is 32.4 Å². The van der Waals surface area contributed by atoms with Crippen LogP contribution >= 0.6 is 11.6 Å². The highest BCUT2D eigenvalue weighted by Crippen LogP contribution is 2.37. The van der Waals surface area contributed by atoms with Crippen LogP contribution in [0.1, 0.15) is 63.4 Å².